The number of benzene rings is 3. The third kappa shape index (κ3) is 4.89. The maximum atomic E-state index is 13.2. The number of alkyl halides is 3. The number of hydrogen-bond acceptors (Lipinski definition) is 2. The van der Waals surface area contributed by atoms with Gasteiger partial charge in [-0.15, -0.1) is 0 Å². The van der Waals surface area contributed by atoms with Gasteiger partial charge in [0.2, 0.25) is 0 Å². The van der Waals surface area contributed by atoms with Crippen molar-refractivity contribution in [2.24, 2.45) is 5.92 Å². The van der Waals surface area contributed by atoms with Crippen molar-refractivity contribution in [2.75, 3.05) is 13.1 Å². The lowest BCUT2D eigenvalue weighted by Crippen LogP contribution is -2.39. The highest BCUT2D eigenvalue weighted by atomic mass is 19.4. The van der Waals surface area contributed by atoms with Gasteiger partial charge >= 0.3 is 6.18 Å². The van der Waals surface area contributed by atoms with Gasteiger partial charge in [-0.3, -0.25) is 4.90 Å². The average Bonchev–Trinajstić information content (AvgIpc) is 3.16. The molecule has 2 nitrogen and oxygen atoms in total. The molecular formula is C27H28F3NO. The normalized spacial score (nSPS) is 21.4. The maximum absolute atomic E-state index is 13.2. The molecule has 3 aromatic carbocycles. The highest BCUT2D eigenvalue weighted by Gasteiger charge is 2.51. The molecule has 1 heterocycles. The highest BCUT2D eigenvalue weighted by Crippen LogP contribution is 2.40. The number of hydrogen-bond donors (Lipinski definition) is 1. The fourth-order valence-corrected chi connectivity index (χ4v) is 4.65. The third-order valence-electron chi connectivity index (χ3n) is 6.56. The maximum Gasteiger partial charge on any atom is 0.421 e. The number of halogens is 3. The molecule has 0 radical (unpaired) electrons. The van der Waals surface area contributed by atoms with E-state index >= 15 is 0 Å². The predicted octanol–water partition coefficient (Wildman–Crippen LogP) is 5.91. The zero-order valence-electron chi connectivity index (χ0n) is 18.1. The minimum Gasteiger partial charge on any atom is -0.376 e. The minimum atomic E-state index is -4.72. The first-order chi connectivity index (χ1) is 15.2. The van der Waals surface area contributed by atoms with Crippen molar-refractivity contribution in [3.63, 3.8) is 0 Å². The lowest BCUT2D eigenvalue weighted by atomic mass is 9.83. The molecule has 1 saturated heterocycles. The van der Waals surface area contributed by atoms with Crippen molar-refractivity contribution in [3.05, 3.63) is 107 Å². The zero-order valence-corrected chi connectivity index (χ0v) is 18.1. The van der Waals surface area contributed by atoms with Crippen LogP contribution >= 0.6 is 0 Å². The summed E-state index contributed by atoms with van der Waals surface area (Å²) in [6, 6.07) is 27.0. The van der Waals surface area contributed by atoms with E-state index in [1.165, 1.54) is 23.3 Å². The molecule has 3 aromatic rings. The molecule has 1 fully saturated rings. The lowest BCUT2D eigenvalue weighted by Gasteiger charge is -2.27. The van der Waals surface area contributed by atoms with E-state index in [4.69, 9.17) is 0 Å². The van der Waals surface area contributed by atoms with E-state index in [0.29, 0.717) is 5.92 Å². The second-order valence-electron chi connectivity index (χ2n) is 8.93. The molecule has 3 atom stereocenters. The van der Waals surface area contributed by atoms with Crippen LogP contribution in [0, 0.1) is 5.92 Å². The monoisotopic (exact) mass is 439 g/mol. The molecule has 32 heavy (non-hydrogen) atoms. The molecule has 0 aromatic heterocycles. The zero-order chi connectivity index (χ0) is 22.8. The molecule has 168 valence electrons. The Balaban J connectivity index is 1.57. The van der Waals surface area contributed by atoms with E-state index in [-0.39, 0.29) is 11.5 Å². The average molecular weight is 440 g/mol. The summed E-state index contributed by atoms with van der Waals surface area (Å²) in [5.74, 6) is 0.568. The summed E-state index contributed by atoms with van der Waals surface area (Å²) in [4.78, 5) is 2.42. The molecule has 0 aliphatic carbocycles. The molecular weight excluding hydrogens is 411 g/mol. The Morgan fingerprint density at radius 2 is 1.38 bits per heavy atom. The minimum absolute atomic E-state index is 0.132. The van der Waals surface area contributed by atoms with Gasteiger partial charge in [-0.05, 0) is 41.5 Å². The topological polar surface area (TPSA) is 23.5 Å². The SMILES string of the molecule is CC(O)(c1ccc([C@@H]2CN(Cc3ccccc3)C[C@H]2Cc2ccccc2)cc1)C(F)(F)F. The Morgan fingerprint density at radius 3 is 1.94 bits per heavy atom. The summed E-state index contributed by atoms with van der Waals surface area (Å²) in [6.07, 6.45) is -3.80. The molecule has 4 rings (SSSR count). The van der Waals surface area contributed by atoms with Crippen LogP contribution in [0.2, 0.25) is 0 Å². The Bertz CT molecular complexity index is 1000. The molecule has 1 aliphatic rings. The van der Waals surface area contributed by atoms with Crippen molar-refractivity contribution in [3.8, 4) is 0 Å². The standard InChI is InChI=1S/C27H28F3NO/c1-26(32,27(28,29)30)24-14-12-22(13-15-24)25-19-31(17-21-10-6-3-7-11-21)18-23(25)16-20-8-4-2-5-9-20/h2-15,23,25,32H,16-19H2,1H3/t23-,25+,26?/m1/s1. The summed E-state index contributed by atoms with van der Waals surface area (Å²) >= 11 is 0. The fourth-order valence-electron chi connectivity index (χ4n) is 4.65. The van der Waals surface area contributed by atoms with Crippen molar-refractivity contribution in [2.45, 2.75) is 37.6 Å². The molecule has 1 unspecified atom stereocenters. The van der Waals surface area contributed by atoms with Crippen molar-refractivity contribution in [1.82, 2.24) is 4.90 Å². The summed E-state index contributed by atoms with van der Waals surface area (Å²) in [7, 11) is 0. The summed E-state index contributed by atoms with van der Waals surface area (Å²) in [6.45, 7) is 3.43. The third-order valence-corrected chi connectivity index (χ3v) is 6.56. The van der Waals surface area contributed by atoms with Gasteiger partial charge in [-0.2, -0.15) is 13.2 Å². The molecule has 1 aliphatic heterocycles. The van der Waals surface area contributed by atoms with Gasteiger partial charge in [-0.25, -0.2) is 0 Å². The summed E-state index contributed by atoms with van der Waals surface area (Å²) in [5.41, 5.74) is 0.545. The van der Waals surface area contributed by atoms with E-state index in [2.05, 4.69) is 29.2 Å². The van der Waals surface area contributed by atoms with Gasteiger partial charge in [-0.1, -0.05) is 84.9 Å². The Labute approximate surface area is 187 Å². The van der Waals surface area contributed by atoms with Crippen molar-refractivity contribution < 1.29 is 18.3 Å². The molecule has 1 N–H and O–H groups in total. The Morgan fingerprint density at radius 1 is 0.812 bits per heavy atom. The number of aliphatic hydroxyl groups is 1. The van der Waals surface area contributed by atoms with Crippen molar-refractivity contribution >= 4 is 0 Å². The summed E-state index contributed by atoms with van der Waals surface area (Å²) in [5, 5.41) is 10.00. The van der Waals surface area contributed by atoms with E-state index in [9.17, 15) is 18.3 Å². The molecule has 0 spiro atoms. The van der Waals surface area contributed by atoms with Crippen LogP contribution in [0.5, 0.6) is 0 Å². The smallest absolute Gasteiger partial charge is 0.376 e. The van der Waals surface area contributed by atoms with Crippen molar-refractivity contribution in [1.29, 1.82) is 0 Å². The van der Waals surface area contributed by atoms with Crippen LogP contribution in [0.25, 0.3) is 0 Å². The molecule has 0 amide bonds. The second-order valence-corrected chi connectivity index (χ2v) is 8.93. The lowest BCUT2D eigenvalue weighted by molar-refractivity contribution is -0.258. The Hall–Kier alpha value is -2.63. The van der Waals surface area contributed by atoms with Crippen LogP contribution in [0.3, 0.4) is 0 Å². The molecule has 0 bridgehead atoms. The van der Waals surface area contributed by atoms with Crippen LogP contribution in [-0.2, 0) is 18.6 Å². The first kappa shape index (κ1) is 22.6. The fraction of sp³-hybridized carbons (Fsp3) is 0.333. The van der Waals surface area contributed by atoms with Gasteiger partial charge in [0, 0.05) is 25.6 Å². The van der Waals surface area contributed by atoms with Gasteiger partial charge in [0.25, 0.3) is 0 Å². The number of rotatable bonds is 6. The van der Waals surface area contributed by atoms with Gasteiger partial charge in [0.05, 0.1) is 0 Å². The van der Waals surface area contributed by atoms with Crippen LogP contribution in [-0.4, -0.2) is 29.3 Å². The van der Waals surface area contributed by atoms with E-state index < -0.39 is 11.8 Å². The molecule has 0 saturated carbocycles. The van der Waals surface area contributed by atoms with Gasteiger partial charge < -0.3 is 5.11 Å². The predicted molar refractivity (Wildman–Crippen MR) is 120 cm³/mol. The largest absolute Gasteiger partial charge is 0.421 e. The van der Waals surface area contributed by atoms with Crippen LogP contribution < -0.4 is 0 Å². The highest BCUT2D eigenvalue weighted by molar-refractivity contribution is 5.32. The summed E-state index contributed by atoms with van der Waals surface area (Å²) < 4.78 is 39.7. The molecule has 5 heteroatoms. The second kappa shape index (κ2) is 9.08. The number of likely N-dealkylation sites (tertiary alicyclic amines) is 1. The van der Waals surface area contributed by atoms with Crippen LogP contribution in [0.4, 0.5) is 13.2 Å². The van der Waals surface area contributed by atoms with E-state index in [0.717, 1.165) is 38.5 Å². The van der Waals surface area contributed by atoms with Crippen LogP contribution in [0.1, 0.15) is 35.1 Å². The Kier molecular flexibility index (Phi) is 6.40. The van der Waals surface area contributed by atoms with Gasteiger partial charge in [0.15, 0.2) is 5.60 Å². The number of nitrogens with zero attached hydrogens (tertiary/aromatic N) is 1. The van der Waals surface area contributed by atoms with Crippen LogP contribution in [0.15, 0.2) is 84.9 Å². The van der Waals surface area contributed by atoms with E-state index in [1.54, 1.807) is 12.1 Å². The first-order valence-electron chi connectivity index (χ1n) is 10.9. The van der Waals surface area contributed by atoms with E-state index in [1.807, 2.05) is 36.4 Å². The quantitative estimate of drug-likeness (QED) is 0.516. The van der Waals surface area contributed by atoms with Gasteiger partial charge in [0.1, 0.15) is 0 Å². The first-order valence-corrected chi connectivity index (χ1v) is 10.9.